The summed E-state index contributed by atoms with van der Waals surface area (Å²) < 4.78 is 0. The van der Waals surface area contributed by atoms with Crippen molar-refractivity contribution >= 4 is 0 Å². The molecule has 3 rings (SSSR count). The van der Waals surface area contributed by atoms with E-state index < -0.39 is 0 Å². The van der Waals surface area contributed by atoms with Crippen LogP contribution >= 0.6 is 0 Å². The highest BCUT2D eigenvalue weighted by Crippen LogP contribution is 2.04. The van der Waals surface area contributed by atoms with Crippen LogP contribution in [0.2, 0.25) is 0 Å². The molecule has 3 heterocycles. The molecule has 0 spiro atoms. The third kappa shape index (κ3) is 11.2. The number of piperidine rings is 1. The molecule has 0 aliphatic carbocycles. The van der Waals surface area contributed by atoms with Crippen LogP contribution in [0.5, 0.6) is 0 Å². The van der Waals surface area contributed by atoms with Gasteiger partial charge >= 0.3 is 0 Å². The predicted molar refractivity (Wildman–Crippen MR) is 111 cm³/mol. The number of hydrogen-bond acceptors (Lipinski definition) is 5. The highest BCUT2D eigenvalue weighted by atomic mass is 15.2. The topological polar surface area (TPSA) is 16.2 Å². The summed E-state index contributed by atoms with van der Waals surface area (Å²) in [6.45, 7) is 19.5. The average Bonchev–Trinajstić information content (AvgIpc) is 2.65. The zero-order valence-corrected chi connectivity index (χ0v) is 17.8. The minimum Gasteiger partial charge on any atom is -0.306 e. The average molecular weight is 356 g/mol. The van der Waals surface area contributed by atoms with Gasteiger partial charge < -0.3 is 24.5 Å². The molecule has 0 unspecified atom stereocenters. The smallest absolute Gasteiger partial charge is 0.0110 e. The third-order valence-corrected chi connectivity index (χ3v) is 5.67. The molecule has 5 nitrogen and oxygen atoms in total. The summed E-state index contributed by atoms with van der Waals surface area (Å²) in [6.07, 6.45) is 4.28. The molecule has 0 radical (unpaired) electrons. The van der Waals surface area contributed by atoms with E-state index in [1.165, 1.54) is 97.8 Å². The van der Waals surface area contributed by atoms with Crippen molar-refractivity contribution in [3.8, 4) is 0 Å². The molecule has 0 aromatic carbocycles. The SMILES string of the molecule is CCN1CCN(C)CC1.CCN1CCN(C)CC1.CN1CCCCC1. The van der Waals surface area contributed by atoms with E-state index >= 15 is 0 Å². The predicted octanol–water partition coefficient (Wildman–Crippen LogP) is 1.61. The van der Waals surface area contributed by atoms with E-state index in [2.05, 4.69) is 59.5 Å². The van der Waals surface area contributed by atoms with Crippen LogP contribution in [0.3, 0.4) is 0 Å². The standard InChI is InChI=1S/2C7H16N2.C6H13N/c2*1-3-9-6-4-8(2)5-7-9;1-7-5-3-2-4-6-7/h2*3-7H2,1-2H3;2-6H2,1H3. The molecule has 3 aliphatic heterocycles. The van der Waals surface area contributed by atoms with Crippen LogP contribution in [-0.4, -0.2) is 124 Å². The van der Waals surface area contributed by atoms with Crippen molar-refractivity contribution in [1.29, 1.82) is 0 Å². The van der Waals surface area contributed by atoms with E-state index in [-0.39, 0.29) is 0 Å². The van der Waals surface area contributed by atoms with Crippen molar-refractivity contribution in [3.63, 3.8) is 0 Å². The van der Waals surface area contributed by atoms with Crippen LogP contribution < -0.4 is 0 Å². The summed E-state index contributed by atoms with van der Waals surface area (Å²) in [5, 5.41) is 0. The molecule has 0 atom stereocenters. The van der Waals surface area contributed by atoms with Gasteiger partial charge in [-0.3, -0.25) is 0 Å². The zero-order valence-electron chi connectivity index (χ0n) is 17.8. The first-order valence-corrected chi connectivity index (χ1v) is 10.6. The van der Waals surface area contributed by atoms with Gasteiger partial charge in [-0.05, 0) is 60.2 Å². The summed E-state index contributed by atoms with van der Waals surface area (Å²) in [7, 11) is 6.57. The number of piperazine rings is 2. The van der Waals surface area contributed by atoms with Gasteiger partial charge in [-0.25, -0.2) is 0 Å². The lowest BCUT2D eigenvalue weighted by Crippen LogP contribution is -2.44. The monoisotopic (exact) mass is 355 g/mol. The van der Waals surface area contributed by atoms with Gasteiger partial charge in [-0.15, -0.1) is 0 Å². The second-order valence-electron chi connectivity index (χ2n) is 7.84. The van der Waals surface area contributed by atoms with E-state index in [0.29, 0.717) is 0 Å². The molecule has 3 fully saturated rings. The Kier molecular flexibility index (Phi) is 12.7. The summed E-state index contributed by atoms with van der Waals surface area (Å²) >= 11 is 0. The van der Waals surface area contributed by atoms with E-state index in [9.17, 15) is 0 Å². The van der Waals surface area contributed by atoms with Gasteiger partial charge in [0.05, 0.1) is 0 Å². The molecule has 3 aliphatic rings. The Bertz CT molecular complexity index is 268. The highest BCUT2D eigenvalue weighted by molar-refractivity contribution is 4.67. The normalized spacial score (nSPS) is 24.8. The van der Waals surface area contributed by atoms with Gasteiger partial charge in [-0.2, -0.15) is 0 Å². The van der Waals surface area contributed by atoms with Crippen LogP contribution in [0, 0.1) is 0 Å². The fourth-order valence-corrected chi connectivity index (χ4v) is 3.38. The minimum absolute atomic E-state index is 1.22. The number of rotatable bonds is 2. The zero-order chi connectivity index (χ0) is 18.5. The van der Waals surface area contributed by atoms with Crippen LogP contribution in [0.1, 0.15) is 33.1 Å². The Morgan fingerprint density at radius 1 is 0.440 bits per heavy atom. The first kappa shape index (κ1) is 22.8. The maximum atomic E-state index is 2.49. The number of likely N-dealkylation sites (tertiary alicyclic amines) is 1. The van der Waals surface area contributed by atoms with Crippen molar-refractivity contribution in [1.82, 2.24) is 24.5 Å². The van der Waals surface area contributed by atoms with Crippen LogP contribution in [0.15, 0.2) is 0 Å². The number of hydrogen-bond donors (Lipinski definition) is 0. The Hall–Kier alpha value is -0.200. The minimum atomic E-state index is 1.22. The molecule has 0 aromatic rings. The Labute approximate surface area is 157 Å². The maximum Gasteiger partial charge on any atom is 0.0110 e. The molecule has 0 amide bonds. The quantitative estimate of drug-likeness (QED) is 0.746. The van der Waals surface area contributed by atoms with Crippen molar-refractivity contribution in [2.45, 2.75) is 33.1 Å². The van der Waals surface area contributed by atoms with Gasteiger partial charge in [0, 0.05) is 52.4 Å². The van der Waals surface area contributed by atoms with Gasteiger partial charge in [0.15, 0.2) is 0 Å². The summed E-state index contributed by atoms with van der Waals surface area (Å²) in [5.41, 5.74) is 0. The fourth-order valence-electron chi connectivity index (χ4n) is 3.38. The Morgan fingerprint density at radius 2 is 0.760 bits per heavy atom. The van der Waals surface area contributed by atoms with E-state index in [0.717, 1.165) is 0 Å². The molecule has 0 N–H and O–H groups in total. The molecule has 0 bridgehead atoms. The third-order valence-electron chi connectivity index (χ3n) is 5.67. The number of likely N-dealkylation sites (N-methyl/N-ethyl adjacent to an activating group) is 4. The lowest BCUT2D eigenvalue weighted by molar-refractivity contribution is 0.160. The molecule has 150 valence electrons. The van der Waals surface area contributed by atoms with Crippen molar-refractivity contribution in [2.75, 3.05) is 99.7 Å². The van der Waals surface area contributed by atoms with Crippen molar-refractivity contribution < 1.29 is 0 Å². The lowest BCUT2D eigenvalue weighted by Gasteiger charge is -2.31. The van der Waals surface area contributed by atoms with Crippen molar-refractivity contribution in [3.05, 3.63) is 0 Å². The Morgan fingerprint density at radius 3 is 1.00 bits per heavy atom. The lowest BCUT2D eigenvalue weighted by atomic mass is 10.1. The van der Waals surface area contributed by atoms with Crippen LogP contribution in [0.4, 0.5) is 0 Å². The van der Waals surface area contributed by atoms with Gasteiger partial charge in [0.2, 0.25) is 0 Å². The second-order valence-corrected chi connectivity index (χ2v) is 7.84. The van der Waals surface area contributed by atoms with Crippen LogP contribution in [0.25, 0.3) is 0 Å². The first-order chi connectivity index (χ1) is 12.0. The highest BCUT2D eigenvalue weighted by Gasteiger charge is 2.11. The second kappa shape index (κ2) is 13.9. The first-order valence-electron chi connectivity index (χ1n) is 10.6. The largest absolute Gasteiger partial charge is 0.306 e. The number of nitrogens with zero attached hydrogens (tertiary/aromatic N) is 5. The molecule has 25 heavy (non-hydrogen) atoms. The summed E-state index contributed by atoms with van der Waals surface area (Å²) in [6, 6.07) is 0. The summed E-state index contributed by atoms with van der Waals surface area (Å²) in [4.78, 5) is 12.1. The summed E-state index contributed by atoms with van der Waals surface area (Å²) in [5.74, 6) is 0. The van der Waals surface area contributed by atoms with E-state index in [1.54, 1.807) is 0 Å². The molecule has 0 saturated carbocycles. The van der Waals surface area contributed by atoms with Gasteiger partial charge in [0.25, 0.3) is 0 Å². The molecule has 5 heteroatoms. The Balaban J connectivity index is 0.000000189. The maximum absolute atomic E-state index is 2.49. The molecular formula is C20H45N5. The van der Waals surface area contributed by atoms with Crippen LogP contribution in [-0.2, 0) is 0 Å². The molecular weight excluding hydrogens is 310 g/mol. The van der Waals surface area contributed by atoms with E-state index in [4.69, 9.17) is 0 Å². The van der Waals surface area contributed by atoms with Gasteiger partial charge in [-0.1, -0.05) is 20.3 Å². The fraction of sp³-hybridized carbons (Fsp3) is 1.00. The van der Waals surface area contributed by atoms with Gasteiger partial charge in [0.1, 0.15) is 0 Å². The van der Waals surface area contributed by atoms with Crippen molar-refractivity contribution in [2.24, 2.45) is 0 Å². The molecule has 0 aromatic heterocycles. The molecule has 3 saturated heterocycles. The van der Waals surface area contributed by atoms with E-state index in [1.807, 2.05) is 0 Å².